The van der Waals surface area contributed by atoms with Crippen LogP contribution in [0.1, 0.15) is 24.0 Å². The number of hydrogen-bond acceptors (Lipinski definition) is 6. The van der Waals surface area contributed by atoms with Crippen LogP contribution in [0.15, 0.2) is 59.0 Å². The minimum absolute atomic E-state index is 0.326. The Labute approximate surface area is 199 Å². The lowest BCUT2D eigenvalue weighted by molar-refractivity contribution is -0.134. The molecule has 0 saturated carbocycles. The summed E-state index contributed by atoms with van der Waals surface area (Å²) in [6.45, 7) is 4.96. The number of imide groups is 1. The van der Waals surface area contributed by atoms with E-state index in [9.17, 15) is 14.4 Å². The molecule has 0 bridgehead atoms. The van der Waals surface area contributed by atoms with Crippen molar-refractivity contribution in [3.05, 3.63) is 71.7 Å². The van der Waals surface area contributed by atoms with Crippen molar-refractivity contribution in [2.45, 2.75) is 26.3 Å². The maximum absolute atomic E-state index is 12.9. The van der Waals surface area contributed by atoms with E-state index in [1.807, 2.05) is 31.2 Å². The summed E-state index contributed by atoms with van der Waals surface area (Å²) in [5.41, 5.74) is 2.29. The molecular weight excluding hydrogens is 452 g/mol. The van der Waals surface area contributed by atoms with Gasteiger partial charge in [-0.05, 0) is 74.9 Å². The molecule has 2 aromatic heterocycles. The summed E-state index contributed by atoms with van der Waals surface area (Å²) in [6.07, 6.45) is 0. The molecule has 9 heteroatoms. The molecule has 8 nitrogen and oxygen atoms in total. The van der Waals surface area contributed by atoms with E-state index in [0.29, 0.717) is 17.2 Å². The highest BCUT2D eigenvalue weighted by atomic mass is 32.1. The molecule has 0 aliphatic carbocycles. The summed E-state index contributed by atoms with van der Waals surface area (Å²) in [5.74, 6) is -0.0688. The van der Waals surface area contributed by atoms with Gasteiger partial charge in [-0.2, -0.15) is 0 Å². The van der Waals surface area contributed by atoms with Crippen LogP contribution in [0, 0.1) is 13.8 Å². The van der Waals surface area contributed by atoms with Crippen molar-refractivity contribution in [3.63, 3.8) is 0 Å². The van der Waals surface area contributed by atoms with E-state index in [4.69, 9.17) is 4.42 Å². The van der Waals surface area contributed by atoms with Gasteiger partial charge in [-0.3, -0.25) is 14.5 Å². The van der Waals surface area contributed by atoms with Gasteiger partial charge in [-0.25, -0.2) is 9.78 Å². The first-order chi connectivity index (χ1) is 16.2. The Kier molecular flexibility index (Phi) is 5.21. The molecule has 5 rings (SSSR count). The average molecular weight is 475 g/mol. The third-order valence-corrected chi connectivity index (χ3v) is 6.84. The number of rotatable bonds is 5. The molecule has 4 amide bonds. The van der Waals surface area contributed by atoms with E-state index in [-0.39, 0.29) is 0 Å². The molecule has 1 fully saturated rings. The van der Waals surface area contributed by atoms with Crippen LogP contribution >= 0.6 is 11.3 Å². The second kappa shape index (κ2) is 8.11. The number of carbonyl (C=O) groups excluding carboxylic acids is 3. The summed E-state index contributed by atoms with van der Waals surface area (Å²) < 4.78 is 6.67. The van der Waals surface area contributed by atoms with Gasteiger partial charge in [0.15, 0.2) is 5.54 Å². The highest BCUT2D eigenvalue weighted by molar-refractivity contribution is 7.21. The smallest absolute Gasteiger partial charge is 0.325 e. The predicted octanol–water partition coefficient (Wildman–Crippen LogP) is 4.58. The zero-order valence-electron chi connectivity index (χ0n) is 18.8. The van der Waals surface area contributed by atoms with Crippen LogP contribution in [0.3, 0.4) is 0 Å². The standard InChI is InChI=1S/C25H22N4O4S/c1-14-4-10-18-19(12-14)34-22(27-18)16-6-8-17(9-7-16)26-21(30)13-29-23(31)25(3,28-24(29)32)20-11-5-15(2)33-20/h4-12H,13H2,1-3H3,(H,26,30)(H,28,32)/t25-/m1/s1. The van der Waals surface area contributed by atoms with Crippen molar-refractivity contribution >= 4 is 45.1 Å². The lowest BCUT2D eigenvalue weighted by Crippen LogP contribution is -2.41. The number of urea groups is 1. The molecule has 1 aliphatic heterocycles. The number of nitrogens with zero attached hydrogens (tertiary/aromatic N) is 2. The summed E-state index contributed by atoms with van der Waals surface area (Å²) in [5, 5.41) is 6.26. The lowest BCUT2D eigenvalue weighted by atomic mass is 9.99. The molecule has 0 spiro atoms. The first kappa shape index (κ1) is 21.8. The predicted molar refractivity (Wildman–Crippen MR) is 129 cm³/mol. The normalized spacial score (nSPS) is 17.9. The van der Waals surface area contributed by atoms with Crippen molar-refractivity contribution in [3.8, 4) is 10.6 Å². The van der Waals surface area contributed by atoms with Gasteiger partial charge in [0.2, 0.25) is 5.91 Å². The molecule has 2 N–H and O–H groups in total. The quantitative estimate of drug-likeness (QED) is 0.412. The minimum Gasteiger partial charge on any atom is -0.463 e. The molecule has 1 saturated heterocycles. The molecule has 1 atom stereocenters. The number of aryl methyl sites for hydroxylation is 2. The average Bonchev–Trinajstić information content (AvgIpc) is 3.48. The number of furan rings is 1. The van der Waals surface area contributed by atoms with Gasteiger partial charge < -0.3 is 15.1 Å². The van der Waals surface area contributed by atoms with Crippen LogP contribution < -0.4 is 10.6 Å². The van der Waals surface area contributed by atoms with Crippen molar-refractivity contribution in [1.82, 2.24) is 15.2 Å². The van der Waals surface area contributed by atoms with Crippen LogP contribution in [0.5, 0.6) is 0 Å². The van der Waals surface area contributed by atoms with E-state index < -0.39 is 29.9 Å². The molecule has 0 radical (unpaired) electrons. The highest BCUT2D eigenvalue weighted by Gasteiger charge is 2.51. The van der Waals surface area contributed by atoms with E-state index in [1.54, 1.807) is 49.4 Å². The van der Waals surface area contributed by atoms with E-state index in [1.165, 1.54) is 5.56 Å². The highest BCUT2D eigenvalue weighted by Crippen LogP contribution is 2.32. The van der Waals surface area contributed by atoms with Gasteiger partial charge in [0.25, 0.3) is 5.91 Å². The molecule has 1 aliphatic rings. The van der Waals surface area contributed by atoms with Crippen molar-refractivity contribution < 1.29 is 18.8 Å². The van der Waals surface area contributed by atoms with Crippen LogP contribution in [0.4, 0.5) is 10.5 Å². The topological polar surface area (TPSA) is 105 Å². The van der Waals surface area contributed by atoms with E-state index >= 15 is 0 Å². The minimum atomic E-state index is -1.34. The third-order valence-electron chi connectivity index (χ3n) is 5.77. The fraction of sp³-hybridized carbons (Fsp3) is 0.200. The summed E-state index contributed by atoms with van der Waals surface area (Å²) in [4.78, 5) is 43.5. The number of benzene rings is 2. The Bertz CT molecular complexity index is 1440. The SMILES string of the molecule is Cc1ccc2nc(-c3ccc(NC(=O)CN4C(=O)N[C@](C)(c5ccc(C)o5)C4=O)cc3)sc2c1. The Morgan fingerprint density at radius 1 is 1.12 bits per heavy atom. The molecule has 4 aromatic rings. The fourth-order valence-corrected chi connectivity index (χ4v) is 4.98. The number of fused-ring (bicyclic) bond motifs is 1. The van der Waals surface area contributed by atoms with Gasteiger partial charge in [-0.1, -0.05) is 6.07 Å². The largest absolute Gasteiger partial charge is 0.463 e. The number of thiazole rings is 1. The van der Waals surface area contributed by atoms with Crippen molar-refractivity contribution in [2.24, 2.45) is 0 Å². The second-order valence-electron chi connectivity index (χ2n) is 8.47. The Morgan fingerprint density at radius 2 is 1.88 bits per heavy atom. The molecule has 34 heavy (non-hydrogen) atoms. The molecule has 172 valence electrons. The van der Waals surface area contributed by atoms with Crippen LogP contribution in [0.2, 0.25) is 0 Å². The lowest BCUT2D eigenvalue weighted by Gasteiger charge is -2.19. The zero-order valence-corrected chi connectivity index (χ0v) is 19.7. The van der Waals surface area contributed by atoms with Gasteiger partial charge in [0.05, 0.1) is 10.2 Å². The summed E-state index contributed by atoms with van der Waals surface area (Å²) in [7, 11) is 0. The molecule has 0 unspecified atom stereocenters. The van der Waals surface area contributed by atoms with E-state index in [0.717, 1.165) is 25.7 Å². The van der Waals surface area contributed by atoms with E-state index in [2.05, 4.69) is 21.7 Å². The van der Waals surface area contributed by atoms with Crippen molar-refractivity contribution in [2.75, 3.05) is 11.9 Å². The summed E-state index contributed by atoms with van der Waals surface area (Å²) >= 11 is 1.61. The number of carbonyl (C=O) groups is 3. The number of nitrogens with one attached hydrogen (secondary N) is 2. The van der Waals surface area contributed by atoms with Gasteiger partial charge in [0.1, 0.15) is 23.1 Å². The maximum Gasteiger partial charge on any atom is 0.325 e. The number of amides is 4. The van der Waals surface area contributed by atoms with Crippen LogP contribution in [-0.4, -0.2) is 34.3 Å². The third kappa shape index (κ3) is 3.84. The molecular formula is C25H22N4O4S. The Balaban J connectivity index is 1.26. The van der Waals surface area contributed by atoms with Crippen LogP contribution in [0.25, 0.3) is 20.8 Å². The maximum atomic E-state index is 12.9. The van der Waals surface area contributed by atoms with Gasteiger partial charge in [0, 0.05) is 11.3 Å². The van der Waals surface area contributed by atoms with Gasteiger partial charge in [-0.15, -0.1) is 11.3 Å². The van der Waals surface area contributed by atoms with Crippen LogP contribution in [-0.2, 0) is 15.1 Å². The van der Waals surface area contributed by atoms with Crippen molar-refractivity contribution in [1.29, 1.82) is 0 Å². The molecule has 3 heterocycles. The fourth-order valence-electron chi connectivity index (χ4n) is 3.91. The molecule has 2 aromatic carbocycles. The number of hydrogen-bond donors (Lipinski definition) is 2. The first-order valence-electron chi connectivity index (χ1n) is 10.7. The monoisotopic (exact) mass is 474 g/mol. The number of aromatic nitrogens is 1. The Hall–Kier alpha value is -3.98. The second-order valence-corrected chi connectivity index (χ2v) is 9.50. The summed E-state index contributed by atoms with van der Waals surface area (Å²) in [6, 6.07) is 16.2. The number of anilines is 1. The zero-order chi connectivity index (χ0) is 24.0. The Morgan fingerprint density at radius 3 is 2.59 bits per heavy atom. The van der Waals surface area contributed by atoms with Gasteiger partial charge >= 0.3 is 6.03 Å². The first-order valence-corrected chi connectivity index (χ1v) is 11.5.